The predicted molar refractivity (Wildman–Crippen MR) is 134 cm³/mol. The van der Waals surface area contributed by atoms with E-state index in [-0.39, 0.29) is 17.7 Å². The summed E-state index contributed by atoms with van der Waals surface area (Å²) in [5.74, 6) is 2.03. The minimum Gasteiger partial charge on any atom is -0.494 e. The number of nitrogens with two attached hydrogens (primary N) is 2. The molecule has 188 valence electrons. The van der Waals surface area contributed by atoms with E-state index in [1.807, 2.05) is 38.1 Å². The summed E-state index contributed by atoms with van der Waals surface area (Å²) in [6.45, 7) is 7.28. The molecule has 10 heteroatoms. The summed E-state index contributed by atoms with van der Waals surface area (Å²) in [6, 6.07) is 7.56. The minimum absolute atomic E-state index is 0.136. The highest BCUT2D eigenvalue weighted by molar-refractivity contribution is 5.86. The average Bonchev–Trinajstić information content (AvgIpc) is 2.82. The van der Waals surface area contributed by atoms with Gasteiger partial charge in [-0.2, -0.15) is 4.98 Å². The van der Waals surface area contributed by atoms with Gasteiger partial charge < -0.3 is 30.4 Å². The van der Waals surface area contributed by atoms with Gasteiger partial charge >= 0.3 is 5.97 Å². The van der Waals surface area contributed by atoms with E-state index in [0.717, 1.165) is 16.6 Å². The second kappa shape index (κ2) is 12.6. The molecule has 2 heterocycles. The third-order valence-corrected chi connectivity index (χ3v) is 5.08. The van der Waals surface area contributed by atoms with Gasteiger partial charge in [-0.3, -0.25) is 9.78 Å². The first-order valence-corrected chi connectivity index (χ1v) is 11.8. The minimum atomic E-state index is -0.216. The van der Waals surface area contributed by atoms with Crippen LogP contribution in [0.15, 0.2) is 24.3 Å². The number of anilines is 2. The normalized spacial score (nSPS) is 10.8. The van der Waals surface area contributed by atoms with Gasteiger partial charge in [0.2, 0.25) is 5.95 Å². The lowest BCUT2D eigenvalue weighted by Crippen LogP contribution is -2.11. The number of ether oxygens (including phenoxy) is 4. The van der Waals surface area contributed by atoms with Crippen molar-refractivity contribution in [2.24, 2.45) is 0 Å². The Hall–Kier alpha value is -3.82. The Balaban J connectivity index is 1.57. The van der Waals surface area contributed by atoms with Crippen molar-refractivity contribution in [1.29, 1.82) is 0 Å². The smallest absolute Gasteiger partial charge is 0.305 e. The van der Waals surface area contributed by atoms with Crippen molar-refractivity contribution >= 4 is 28.6 Å². The molecular weight excluding hydrogens is 450 g/mol. The molecule has 0 spiro atoms. The lowest BCUT2D eigenvalue weighted by Gasteiger charge is -2.14. The lowest BCUT2D eigenvalue weighted by atomic mass is 10.1. The van der Waals surface area contributed by atoms with Crippen LogP contribution < -0.4 is 25.7 Å². The van der Waals surface area contributed by atoms with E-state index in [4.69, 9.17) is 30.4 Å². The Morgan fingerprint density at radius 3 is 2.49 bits per heavy atom. The number of pyridine rings is 1. The lowest BCUT2D eigenvalue weighted by molar-refractivity contribution is -0.143. The molecule has 3 aromatic rings. The zero-order chi connectivity index (χ0) is 25.2. The van der Waals surface area contributed by atoms with Crippen molar-refractivity contribution in [2.45, 2.75) is 46.5 Å². The maximum absolute atomic E-state index is 11.5. The predicted octanol–water partition coefficient (Wildman–Crippen LogP) is 3.63. The number of hydrogen-bond donors (Lipinski definition) is 2. The Bertz CT molecular complexity index is 1150. The van der Waals surface area contributed by atoms with Crippen LogP contribution in [0.25, 0.3) is 10.9 Å². The topological polar surface area (TPSA) is 145 Å². The zero-order valence-electron chi connectivity index (χ0n) is 20.5. The van der Waals surface area contributed by atoms with Crippen molar-refractivity contribution in [2.75, 3.05) is 37.9 Å². The molecule has 10 nitrogen and oxygen atoms in total. The number of hydrogen-bond acceptors (Lipinski definition) is 10. The number of carbonyl (C=O) groups is 1. The van der Waals surface area contributed by atoms with Crippen LogP contribution in [0.2, 0.25) is 0 Å². The number of carbonyl (C=O) groups excluding carboxylic acids is 1. The molecule has 3 rings (SSSR count). The molecule has 0 bridgehead atoms. The molecule has 2 aromatic heterocycles. The molecule has 35 heavy (non-hydrogen) atoms. The summed E-state index contributed by atoms with van der Waals surface area (Å²) in [4.78, 5) is 24.2. The molecule has 1 aromatic carbocycles. The Labute approximate surface area is 205 Å². The maximum Gasteiger partial charge on any atom is 0.305 e. The van der Waals surface area contributed by atoms with Gasteiger partial charge in [-0.15, -0.1) is 0 Å². The molecule has 0 radical (unpaired) electrons. The van der Waals surface area contributed by atoms with Crippen molar-refractivity contribution in [3.63, 3.8) is 0 Å². The fourth-order valence-electron chi connectivity index (χ4n) is 3.50. The number of esters is 1. The van der Waals surface area contributed by atoms with Crippen molar-refractivity contribution in [3.05, 3.63) is 35.7 Å². The molecule has 0 unspecified atom stereocenters. The standard InChI is InChI=1S/C25H33N5O5/c1-4-19-23(24(26)30-25(27)29-19)35-13-7-12-34-21-14-16(3)28-20-10-9-17(15-18(20)21)33-11-6-8-22(31)32-5-2/h9-10,14-15H,4-8,11-13H2,1-3H3,(H4,26,27,29,30). The van der Waals surface area contributed by atoms with Crippen LogP contribution in [0, 0.1) is 6.92 Å². The van der Waals surface area contributed by atoms with Crippen LogP contribution in [0.1, 0.15) is 44.5 Å². The number of fused-ring (bicyclic) bond motifs is 1. The fraction of sp³-hybridized carbons (Fsp3) is 0.440. The van der Waals surface area contributed by atoms with E-state index in [0.29, 0.717) is 75.1 Å². The van der Waals surface area contributed by atoms with E-state index in [1.54, 1.807) is 6.92 Å². The van der Waals surface area contributed by atoms with E-state index in [1.165, 1.54) is 0 Å². The first kappa shape index (κ1) is 25.8. The fourth-order valence-corrected chi connectivity index (χ4v) is 3.50. The van der Waals surface area contributed by atoms with Gasteiger partial charge in [0.15, 0.2) is 11.6 Å². The van der Waals surface area contributed by atoms with Crippen molar-refractivity contribution < 1.29 is 23.7 Å². The number of aromatic nitrogens is 3. The molecule has 0 saturated heterocycles. The third kappa shape index (κ3) is 7.33. The monoisotopic (exact) mass is 483 g/mol. The highest BCUT2D eigenvalue weighted by Gasteiger charge is 2.12. The first-order chi connectivity index (χ1) is 16.9. The summed E-state index contributed by atoms with van der Waals surface area (Å²) in [7, 11) is 0. The number of aryl methyl sites for hydroxylation is 2. The average molecular weight is 484 g/mol. The molecule has 0 atom stereocenters. The van der Waals surface area contributed by atoms with Gasteiger partial charge in [-0.05, 0) is 44.9 Å². The Morgan fingerprint density at radius 1 is 0.943 bits per heavy atom. The van der Waals surface area contributed by atoms with Gasteiger partial charge in [-0.25, -0.2) is 4.98 Å². The summed E-state index contributed by atoms with van der Waals surface area (Å²) in [5.41, 5.74) is 13.9. The molecule has 0 aliphatic rings. The summed E-state index contributed by atoms with van der Waals surface area (Å²) in [5, 5.41) is 0.851. The van der Waals surface area contributed by atoms with Crippen LogP contribution >= 0.6 is 0 Å². The van der Waals surface area contributed by atoms with Crippen molar-refractivity contribution in [3.8, 4) is 17.2 Å². The van der Waals surface area contributed by atoms with E-state index < -0.39 is 0 Å². The maximum atomic E-state index is 11.5. The molecule has 0 fully saturated rings. The van der Waals surface area contributed by atoms with Crippen LogP contribution in [0.5, 0.6) is 17.2 Å². The number of rotatable bonds is 13. The molecule has 4 N–H and O–H groups in total. The van der Waals surface area contributed by atoms with E-state index in [9.17, 15) is 4.79 Å². The summed E-state index contributed by atoms with van der Waals surface area (Å²) >= 11 is 0. The third-order valence-electron chi connectivity index (χ3n) is 5.08. The molecule has 0 aliphatic carbocycles. The molecular formula is C25H33N5O5. The zero-order valence-corrected chi connectivity index (χ0v) is 20.5. The van der Waals surface area contributed by atoms with Gasteiger partial charge in [0.05, 0.1) is 37.6 Å². The molecule has 0 saturated carbocycles. The van der Waals surface area contributed by atoms with Crippen LogP contribution in [-0.2, 0) is 16.0 Å². The SMILES string of the molecule is CCOC(=O)CCCOc1ccc2nc(C)cc(OCCCOc3c(N)nc(N)nc3CC)c2c1. The number of nitrogen functional groups attached to an aromatic ring is 2. The summed E-state index contributed by atoms with van der Waals surface area (Å²) < 4.78 is 22.6. The highest BCUT2D eigenvalue weighted by atomic mass is 16.5. The van der Waals surface area contributed by atoms with Gasteiger partial charge in [0, 0.05) is 30.0 Å². The van der Waals surface area contributed by atoms with Crippen LogP contribution in [0.3, 0.4) is 0 Å². The second-order valence-corrected chi connectivity index (χ2v) is 7.84. The van der Waals surface area contributed by atoms with E-state index in [2.05, 4.69) is 15.0 Å². The summed E-state index contributed by atoms with van der Waals surface area (Å²) in [6.07, 6.45) is 2.17. The number of benzene rings is 1. The Morgan fingerprint density at radius 2 is 1.71 bits per heavy atom. The van der Waals surface area contributed by atoms with Crippen molar-refractivity contribution in [1.82, 2.24) is 15.0 Å². The van der Waals surface area contributed by atoms with Gasteiger partial charge in [0.25, 0.3) is 0 Å². The van der Waals surface area contributed by atoms with Crippen LogP contribution in [0.4, 0.5) is 11.8 Å². The molecule has 0 aliphatic heterocycles. The Kier molecular flexibility index (Phi) is 9.28. The van der Waals surface area contributed by atoms with Crippen LogP contribution in [-0.4, -0.2) is 47.3 Å². The first-order valence-electron chi connectivity index (χ1n) is 11.8. The molecule has 0 amide bonds. The number of nitrogens with zero attached hydrogens (tertiary/aromatic N) is 3. The van der Waals surface area contributed by atoms with Gasteiger partial charge in [0.1, 0.15) is 11.5 Å². The quantitative estimate of drug-likeness (QED) is 0.273. The van der Waals surface area contributed by atoms with Gasteiger partial charge in [-0.1, -0.05) is 6.92 Å². The highest BCUT2D eigenvalue weighted by Crippen LogP contribution is 2.30. The van der Waals surface area contributed by atoms with E-state index >= 15 is 0 Å². The largest absolute Gasteiger partial charge is 0.494 e. The second-order valence-electron chi connectivity index (χ2n) is 7.84.